The van der Waals surface area contributed by atoms with Gasteiger partial charge in [0.15, 0.2) is 0 Å². The summed E-state index contributed by atoms with van der Waals surface area (Å²) in [5.74, 6) is 0.723. The molecule has 2 heteroatoms. The molecule has 0 aromatic heterocycles. The molecule has 2 nitrogen and oxygen atoms in total. The van der Waals surface area contributed by atoms with Crippen LogP contribution in [-0.4, -0.2) is 18.1 Å². The zero-order chi connectivity index (χ0) is 8.43. The summed E-state index contributed by atoms with van der Waals surface area (Å²) in [7, 11) is 0. The zero-order valence-electron chi connectivity index (χ0n) is 7.80. The minimum atomic E-state index is 0.363. The van der Waals surface area contributed by atoms with Crippen molar-refractivity contribution in [2.45, 2.75) is 51.7 Å². The molecule has 3 N–H and O–H groups in total. The molecule has 1 aliphatic rings. The molecule has 0 aromatic carbocycles. The van der Waals surface area contributed by atoms with Gasteiger partial charge in [0.05, 0.1) is 0 Å². The van der Waals surface area contributed by atoms with Crippen molar-refractivity contribution in [3.05, 3.63) is 0 Å². The van der Waals surface area contributed by atoms with Crippen molar-refractivity contribution >= 4 is 0 Å². The Balaban J connectivity index is 2.43. The fourth-order valence-electron chi connectivity index (χ4n) is 2.06. The highest BCUT2D eigenvalue weighted by Crippen LogP contribution is 2.21. The number of hydrogen-bond acceptors (Lipinski definition) is 2. The molecule has 0 spiro atoms. The maximum atomic E-state index is 5.86. The minimum Gasteiger partial charge on any atom is -0.328 e. The Morgan fingerprint density at radius 2 is 1.73 bits per heavy atom. The van der Waals surface area contributed by atoms with Crippen LogP contribution >= 0.6 is 0 Å². The molecule has 0 aromatic rings. The van der Waals surface area contributed by atoms with E-state index in [9.17, 15) is 0 Å². The summed E-state index contributed by atoms with van der Waals surface area (Å²) in [5, 5.41) is 3.51. The van der Waals surface area contributed by atoms with E-state index in [4.69, 9.17) is 5.73 Å². The van der Waals surface area contributed by atoms with E-state index in [0.717, 1.165) is 5.92 Å². The van der Waals surface area contributed by atoms with Crippen molar-refractivity contribution in [2.75, 3.05) is 0 Å². The van der Waals surface area contributed by atoms with Crippen LogP contribution in [0.1, 0.15) is 33.6 Å². The molecule has 0 amide bonds. The maximum absolute atomic E-state index is 5.86. The third-order valence-electron chi connectivity index (χ3n) is 2.63. The van der Waals surface area contributed by atoms with Crippen LogP contribution < -0.4 is 11.1 Å². The van der Waals surface area contributed by atoms with Crippen LogP contribution in [0.25, 0.3) is 0 Å². The standard InChI is InChI=1S/C9H20N2/c1-6-4-9(8(3)10)5-7(2)11-6/h6-9,11H,4-5,10H2,1-3H3. The summed E-state index contributed by atoms with van der Waals surface area (Å²) < 4.78 is 0. The molecule has 0 saturated carbocycles. The van der Waals surface area contributed by atoms with E-state index in [2.05, 4.69) is 26.1 Å². The fraction of sp³-hybridized carbons (Fsp3) is 1.00. The molecule has 0 radical (unpaired) electrons. The summed E-state index contributed by atoms with van der Waals surface area (Å²) in [6.07, 6.45) is 2.48. The number of hydrogen-bond donors (Lipinski definition) is 2. The molecular formula is C9H20N2. The highest BCUT2D eigenvalue weighted by molar-refractivity contribution is 4.84. The molecule has 3 unspecified atom stereocenters. The Labute approximate surface area is 69.5 Å². The monoisotopic (exact) mass is 156 g/mol. The molecule has 11 heavy (non-hydrogen) atoms. The Morgan fingerprint density at radius 3 is 2.09 bits per heavy atom. The first-order valence-electron chi connectivity index (χ1n) is 4.61. The second-order valence-corrected chi connectivity index (χ2v) is 4.06. The third kappa shape index (κ3) is 2.46. The van der Waals surface area contributed by atoms with Crippen LogP contribution in [0.5, 0.6) is 0 Å². The van der Waals surface area contributed by atoms with Gasteiger partial charge in [0.2, 0.25) is 0 Å². The second kappa shape index (κ2) is 3.55. The van der Waals surface area contributed by atoms with E-state index in [0.29, 0.717) is 18.1 Å². The first-order valence-corrected chi connectivity index (χ1v) is 4.61. The van der Waals surface area contributed by atoms with Gasteiger partial charge in [0.25, 0.3) is 0 Å². The molecule has 1 aliphatic heterocycles. The predicted octanol–water partition coefficient (Wildman–Crippen LogP) is 1.11. The minimum absolute atomic E-state index is 0.363. The molecule has 1 rings (SSSR count). The van der Waals surface area contributed by atoms with E-state index >= 15 is 0 Å². The predicted molar refractivity (Wildman–Crippen MR) is 48.4 cm³/mol. The first kappa shape index (κ1) is 9.01. The van der Waals surface area contributed by atoms with Crippen LogP contribution in [0.4, 0.5) is 0 Å². The van der Waals surface area contributed by atoms with Gasteiger partial charge in [0, 0.05) is 18.1 Å². The second-order valence-electron chi connectivity index (χ2n) is 4.06. The van der Waals surface area contributed by atoms with Gasteiger partial charge in [-0.1, -0.05) is 0 Å². The lowest BCUT2D eigenvalue weighted by molar-refractivity contribution is 0.238. The van der Waals surface area contributed by atoms with Gasteiger partial charge in [-0.3, -0.25) is 0 Å². The Hall–Kier alpha value is -0.0800. The van der Waals surface area contributed by atoms with Gasteiger partial charge in [-0.25, -0.2) is 0 Å². The number of piperidine rings is 1. The van der Waals surface area contributed by atoms with Gasteiger partial charge in [-0.05, 0) is 39.5 Å². The highest BCUT2D eigenvalue weighted by Gasteiger charge is 2.25. The molecule has 1 heterocycles. The summed E-state index contributed by atoms with van der Waals surface area (Å²) in [4.78, 5) is 0. The molecule has 0 aliphatic carbocycles. The first-order chi connectivity index (χ1) is 5.09. The van der Waals surface area contributed by atoms with Gasteiger partial charge in [-0.15, -0.1) is 0 Å². The van der Waals surface area contributed by atoms with Crippen LogP contribution in [-0.2, 0) is 0 Å². The van der Waals surface area contributed by atoms with Crippen molar-refractivity contribution in [1.82, 2.24) is 5.32 Å². The van der Waals surface area contributed by atoms with Gasteiger partial charge >= 0.3 is 0 Å². The van der Waals surface area contributed by atoms with Crippen LogP contribution in [0.2, 0.25) is 0 Å². The molecule has 1 saturated heterocycles. The Morgan fingerprint density at radius 1 is 1.27 bits per heavy atom. The van der Waals surface area contributed by atoms with Gasteiger partial charge in [0.1, 0.15) is 0 Å². The Kier molecular flexibility index (Phi) is 2.90. The third-order valence-corrected chi connectivity index (χ3v) is 2.63. The van der Waals surface area contributed by atoms with E-state index < -0.39 is 0 Å². The lowest BCUT2D eigenvalue weighted by atomic mass is 9.85. The quantitative estimate of drug-likeness (QED) is 0.597. The normalized spacial score (nSPS) is 42.0. The van der Waals surface area contributed by atoms with E-state index in [1.165, 1.54) is 12.8 Å². The topological polar surface area (TPSA) is 38.0 Å². The van der Waals surface area contributed by atoms with Crippen LogP contribution in [0.15, 0.2) is 0 Å². The molecule has 3 atom stereocenters. The molecular weight excluding hydrogens is 136 g/mol. The average molecular weight is 156 g/mol. The van der Waals surface area contributed by atoms with E-state index in [-0.39, 0.29) is 0 Å². The maximum Gasteiger partial charge on any atom is 0.00444 e. The van der Waals surface area contributed by atoms with E-state index in [1.54, 1.807) is 0 Å². The lowest BCUT2D eigenvalue weighted by Gasteiger charge is -2.34. The van der Waals surface area contributed by atoms with Crippen molar-refractivity contribution in [2.24, 2.45) is 11.7 Å². The van der Waals surface area contributed by atoms with Crippen molar-refractivity contribution in [3.8, 4) is 0 Å². The SMILES string of the molecule is CC1CC(C(C)N)CC(C)N1. The van der Waals surface area contributed by atoms with Crippen molar-refractivity contribution in [3.63, 3.8) is 0 Å². The molecule has 0 bridgehead atoms. The van der Waals surface area contributed by atoms with Crippen molar-refractivity contribution in [1.29, 1.82) is 0 Å². The number of rotatable bonds is 1. The molecule has 1 fully saturated rings. The summed E-state index contributed by atoms with van der Waals surface area (Å²) in [5.41, 5.74) is 5.86. The van der Waals surface area contributed by atoms with E-state index in [1.807, 2.05) is 0 Å². The average Bonchev–Trinajstić information content (AvgIpc) is 1.85. The fourth-order valence-corrected chi connectivity index (χ4v) is 2.06. The summed E-state index contributed by atoms with van der Waals surface area (Å²) in [6.45, 7) is 6.60. The summed E-state index contributed by atoms with van der Waals surface area (Å²) >= 11 is 0. The zero-order valence-corrected chi connectivity index (χ0v) is 7.80. The van der Waals surface area contributed by atoms with Crippen LogP contribution in [0, 0.1) is 5.92 Å². The highest BCUT2D eigenvalue weighted by atomic mass is 15.0. The largest absolute Gasteiger partial charge is 0.328 e. The lowest BCUT2D eigenvalue weighted by Crippen LogP contribution is -2.46. The smallest absolute Gasteiger partial charge is 0.00444 e. The van der Waals surface area contributed by atoms with Gasteiger partial charge < -0.3 is 11.1 Å². The van der Waals surface area contributed by atoms with Crippen molar-refractivity contribution < 1.29 is 0 Å². The molecule has 66 valence electrons. The Bertz CT molecular complexity index is 113. The summed E-state index contributed by atoms with van der Waals surface area (Å²) in [6, 6.07) is 1.66. The van der Waals surface area contributed by atoms with Crippen LogP contribution in [0.3, 0.4) is 0 Å². The number of nitrogens with one attached hydrogen (secondary N) is 1. The number of nitrogens with two attached hydrogens (primary N) is 1. The van der Waals surface area contributed by atoms with Gasteiger partial charge in [-0.2, -0.15) is 0 Å².